The van der Waals surface area contributed by atoms with Gasteiger partial charge in [-0.1, -0.05) is 28.1 Å². The highest BCUT2D eigenvalue weighted by molar-refractivity contribution is 9.10. The zero-order chi connectivity index (χ0) is 13.8. The van der Waals surface area contributed by atoms with Crippen molar-refractivity contribution in [2.24, 2.45) is 0 Å². The third-order valence-electron chi connectivity index (χ3n) is 3.03. The number of rotatable bonds is 4. The van der Waals surface area contributed by atoms with E-state index in [2.05, 4.69) is 26.3 Å². The third-order valence-corrected chi connectivity index (χ3v) is 3.56. The van der Waals surface area contributed by atoms with E-state index in [1.165, 1.54) is 0 Å². The molecule has 0 aliphatic heterocycles. The molecule has 0 spiro atoms. The van der Waals surface area contributed by atoms with Crippen LogP contribution in [0.3, 0.4) is 0 Å². The van der Waals surface area contributed by atoms with E-state index >= 15 is 0 Å². The molecule has 0 fully saturated rings. The fourth-order valence-corrected chi connectivity index (χ4v) is 2.06. The summed E-state index contributed by atoms with van der Waals surface area (Å²) in [6.45, 7) is 3.80. The van der Waals surface area contributed by atoms with Crippen molar-refractivity contribution in [1.29, 1.82) is 0 Å². The lowest BCUT2D eigenvalue weighted by molar-refractivity contribution is -0.124. The number of carbonyl (C=O) groups excluding carboxylic acids is 1. The van der Waals surface area contributed by atoms with E-state index in [-0.39, 0.29) is 18.0 Å². The number of hydrogen-bond donors (Lipinski definition) is 1. The Morgan fingerprint density at radius 1 is 1.32 bits per heavy atom. The van der Waals surface area contributed by atoms with Crippen molar-refractivity contribution in [2.45, 2.75) is 25.9 Å². The molecule has 0 saturated carbocycles. The minimum Gasteiger partial charge on any atom is -0.348 e. The molecular formula is C14H16BrN3O. The quantitative estimate of drug-likeness (QED) is 0.940. The molecular weight excluding hydrogens is 306 g/mol. The Morgan fingerprint density at radius 3 is 2.58 bits per heavy atom. The van der Waals surface area contributed by atoms with Gasteiger partial charge in [0, 0.05) is 16.9 Å². The van der Waals surface area contributed by atoms with Crippen molar-refractivity contribution in [3.63, 3.8) is 0 Å². The van der Waals surface area contributed by atoms with Crippen molar-refractivity contribution in [3.05, 3.63) is 52.8 Å². The molecule has 1 heterocycles. The van der Waals surface area contributed by atoms with E-state index < -0.39 is 0 Å². The molecule has 2 atom stereocenters. The number of carbonyl (C=O) groups is 1. The molecule has 0 bridgehead atoms. The van der Waals surface area contributed by atoms with Gasteiger partial charge in [0.25, 0.3) is 0 Å². The molecule has 2 unspecified atom stereocenters. The van der Waals surface area contributed by atoms with Crippen LogP contribution in [0.5, 0.6) is 0 Å². The standard InChI is InChI=1S/C14H16BrN3O/c1-10(12-4-6-13(15)7-5-12)17-14(19)11(2)18-9-3-8-16-18/h3-11H,1-2H3,(H,17,19). The van der Waals surface area contributed by atoms with Crippen molar-refractivity contribution in [2.75, 3.05) is 0 Å². The van der Waals surface area contributed by atoms with Crippen LogP contribution in [0.15, 0.2) is 47.2 Å². The predicted octanol–water partition coefficient (Wildman–Crippen LogP) is 3.08. The molecule has 1 N–H and O–H groups in total. The zero-order valence-corrected chi connectivity index (χ0v) is 12.5. The smallest absolute Gasteiger partial charge is 0.245 e. The lowest BCUT2D eigenvalue weighted by atomic mass is 10.1. The van der Waals surface area contributed by atoms with Gasteiger partial charge in [0.05, 0.1) is 6.04 Å². The molecule has 0 radical (unpaired) electrons. The van der Waals surface area contributed by atoms with Gasteiger partial charge in [-0.3, -0.25) is 9.48 Å². The lowest BCUT2D eigenvalue weighted by Crippen LogP contribution is -2.33. The van der Waals surface area contributed by atoms with Gasteiger partial charge < -0.3 is 5.32 Å². The first-order valence-corrected chi connectivity index (χ1v) is 6.92. The predicted molar refractivity (Wildman–Crippen MR) is 77.6 cm³/mol. The lowest BCUT2D eigenvalue weighted by Gasteiger charge is -2.18. The highest BCUT2D eigenvalue weighted by Crippen LogP contribution is 2.17. The first kappa shape index (κ1) is 13.8. The minimum absolute atomic E-state index is 0.0291. The summed E-state index contributed by atoms with van der Waals surface area (Å²) >= 11 is 3.40. The van der Waals surface area contributed by atoms with E-state index in [1.807, 2.05) is 44.2 Å². The van der Waals surface area contributed by atoms with Crippen molar-refractivity contribution >= 4 is 21.8 Å². The van der Waals surface area contributed by atoms with Crippen LogP contribution in [0.25, 0.3) is 0 Å². The molecule has 1 amide bonds. The fourth-order valence-electron chi connectivity index (χ4n) is 1.80. The maximum Gasteiger partial charge on any atom is 0.245 e. The Bertz CT molecular complexity index is 536. The first-order valence-electron chi connectivity index (χ1n) is 6.13. The summed E-state index contributed by atoms with van der Waals surface area (Å²) in [7, 11) is 0. The van der Waals surface area contributed by atoms with E-state index in [1.54, 1.807) is 17.1 Å². The Balaban J connectivity index is 2.00. The minimum atomic E-state index is -0.312. The zero-order valence-electron chi connectivity index (χ0n) is 10.9. The van der Waals surface area contributed by atoms with Crippen LogP contribution in [0.1, 0.15) is 31.5 Å². The van der Waals surface area contributed by atoms with Gasteiger partial charge in [0.2, 0.25) is 5.91 Å². The second kappa shape index (κ2) is 6.02. The van der Waals surface area contributed by atoms with Crippen LogP contribution in [0, 0.1) is 0 Å². The van der Waals surface area contributed by atoms with Crippen LogP contribution < -0.4 is 5.32 Å². The largest absolute Gasteiger partial charge is 0.348 e. The molecule has 0 saturated heterocycles. The van der Waals surface area contributed by atoms with E-state index in [0.29, 0.717) is 0 Å². The maximum absolute atomic E-state index is 12.1. The van der Waals surface area contributed by atoms with Crippen molar-refractivity contribution in [3.8, 4) is 0 Å². The Hall–Kier alpha value is -1.62. The van der Waals surface area contributed by atoms with Gasteiger partial charge in [-0.15, -0.1) is 0 Å². The number of benzene rings is 1. The fraction of sp³-hybridized carbons (Fsp3) is 0.286. The van der Waals surface area contributed by atoms with Gasteiger partial charge in [-0.2, -0.15) is 5.10 Å². The van der Waals surface area contributed by atoms with Crippen LogP contribution in [-0.4, -0.2) is 15.7 Å². The number of nitrogens with zero attached hydrogens (tertiary/aromatic N) is 2. The highest BCUT2D eigenvalue weighted by Gasteiger charge is 2.17. The molecule has 100 valence electrons. The van der Waals surface area contributed by atoms with Crippen LogP contribution >= 0.6 is 15.9 Å². The van der Waals surface area contributed by atoms with Crippen molar-refractivity contribution in [1.82, 2.24) is 15.1 Å². The Labute approximate surface area is 120 Å². The molecule has 0 aliphatic carbocycles. The van der Waals surface area contributed by atoms with Gasteiger partial charge >= 0.3 is 0 Å². The number of halogens is 1. The van der Waals surface area contributed by atoms with Gasteiger partial charge in [0.15, 0.2) is 0 Å². The number of amides is 1. The molecule has 2 aromatic rings. The molecule has 5 heteroatoms. The summed E-state index contributed by atoms with van der Waals surface area (Å²) in [5.74, 6) is -0.0425. The average molecular weight is 322 g/mol. The van der Waals surface area contributed by atoms with E-state index in [9.17, 15) is 4.79 Å². The van der Waals surface area contributed by atoms with Crippen LogP contribution in [-0.2, 0) is 4.79 Å². The molecule has 1 aromatic carbocycles. The molecule has 1 aromatic heterocycles. The summed E-state index contributed by atoms with van der Waals surface area (Å²) in [4.78, 5) is 12.1. The normalized spacial score (nSPS) is 13.8. The second-order valence-electron chi connectivity index (χ2n) is 4.44. The summed E-state index contributed by atoms with van der Waals surface area (Å²) in [5, 5.41) is 7.07. The summed E-state index contributed by atoms with van der Waals surface area (Å²) in [6.07, 6.45) is 3.45. The molecule has 0 aliphatic rings. The monoisotopic (exact) mass is 321 g/mol. The van der Waals surface area contributed by atoms with Gasteiger partial charge in [-0.05, 0) is 37.6 Å². The first-order chi connectivity index (χ1) is 9.08. The average Bonchev–Trinajstić information content (AvgIpc) is 2.92. The molecule has 19 heavy (non-hydrogen) atoms. The Kier molecular flexibility index (Phi) is 4.37. The Morgan fingerprint density at radius 2 is 2.00 bits per heavy atom. The molecule has 4 nitrogen and oxygen atoms in total. The SMILES string of the molecule is CC(NC(=O)C(C)n1cccn1)c1ccc(Br)cc1. The van der Waals surface area contributed by atoms with E-state index in [4.69, 9.17) is 0 Å². The summed E-state index contributed by atoms with van der Waals surface area (Å²) in [5.41, 5.74) is 1.07. The third kappa shape index (κ3) is 3.44. The summed E-state index contributed by atoms with van der Waals surface area (Å²) in [6, 6.07) is 9.39. The van der Waals surface area contributed by atoms with Gasteiger partial charge in [0.1, 0.15) is 6.04 Å². The summed E-state index contributed by atoms with van der Waals surface area (Å²) < 4.78 is 2.67. The number of nitrogens with one attached hydrogen (secondary N) is 1. The van der Waals surface area contributed by atoms with Crippen molar-refractivity contribution < 1.29 is 4.79 Å². The topological polar surface area (TPSA) is 46.9 Å². The van der Waals surface area contributed by atoms with Crippen LogP contribution in [0.4, 0.5) is 0 Å². The maximum atomic E-state index is 12.1. The number of aromatic nitrogens is 2. The number of hydrogen-bond acceptors (Lipinski definition) is 2. The second-order valence-corrected chi connectivity index (χ2v) is 5.36. The van der Waals surface area contributed by atoms with Gasteiger partial charge in [-0.25, -0.2) is 0 Å². The highest BCUT2D eigenvalue weighted by atomic mass is 79.9. The van der Waals surface area contributed by atoms with E-state index in [0.717, 1.165) is 10.0 Å². The molecule has 2 rings (SSSR count). The van der Waals surface area contributed by atoms with Crippen LogP contribution in [0.2, 0.25) is 0 Å².